The molecule has 0 radical (unpaired) electrons. The minimum Gasteiger partial charge on any atom is -0.346 e. The third-order valence-corrected chi connectivity index (χ3v) is 2.05. The van der Waals surface area contributed by atoms with Crippen LogP contribution in [0.4, 0.5) is 13.2 Å². The molecule has 0 bridgehead atoms. The second kappa shape index (κ2) is 7.12. The highest BCUT2D eigenvalue weighted by Gasteiger charge is 2.27. The average Bonchev–Trinajstić information content (AvgIpc) is 2.24. The van der Waals surface area contributed by atoms with E-state index in [-0.39, 0.29) is 12.5 Å². The first-order chi connectivity index (χ1) is 7.78. The highest BCUT2D eigenvalue weighted by molar-refractivity contribution is 5.78. The molecule has 0 aromatic rings. The van der Waals surface area contributed by atoms with Gasteiger partial charge in [0.05, 0.1) is 18.5 Å². The molecule has 0 saturated heterocycles. The van der Waals surface area contributed by atoms with Gasteiger partial charge in [-0.25, -0.2) is 0 Å². The van der Waals surface area contributed by atoms with Crippen LogP contribution in [0.5, 0.6) is 0 Å². The van der Waals surface area contributed by atoms with E-state index in [9.17, 15) is 18.0 Å². The molecule has 1 atom stereocenters. The van der Waals surface area contributed by atoms with Gasteiger partial charge in [-0.05, 0) is 13.5 Å². The fourth-order valence-electron chi connectivity index (χ4n) is 1.19. The van der Waals surface area contributed by atoms with Crippen molar-refractivity contribution in [2.24, 2.45) is 5.92 Å². The van der Waals surface area contributed by atoms with Crippen LogP contribution in [0.3, 0.4) is 0 Å². The molecular weight excluding hydrogens is 235 g/mol. The van der Waals surface area contributed by atoms with Crippen LogP contribution in [-0.4, -0.2) is 43.2 Å². The van der Waals surface area contributed by atoms with Crippen molar-refractivity contribution in [3.05, 3.63) is 0 Å². The summed E-state index contributed by atoms with van der Waals surface area (Å²) < 4.78 is 35.5. The maximum Gasteiger partial charge on any atom is 0.405 e. The monoisotopic (exact) mass is 251 g/mol. The summed E-state index contributed by atoms with van der Waals surface area (Å²) in [6.45, 7) is 2.89. The number of likely N-dealkylation sites (N-methyl/N-ethyl adjacent to an activating group) is 1. The Balaban J connectivity index is 4.03. The molecule has 98 valence electrons. The lowest BCUT2D eigenvalue weighted by Crippen LogP contribution is -2.42. The maximum absolute atomic E-state index is 11.8. The molecule has 4 nitrogen and oxygen atoms in total. The van der Waals surface area contributed by atoms with E-state index in [0.717, 1.165) is 0 Å². The third kappa shape index (κ3) is 8.51. The summed E-state index contributed by atoms with van der Waals surface area (Å²) in [5.74, 6) is -0.945. The SMILES string of the molecule is CCN(CC(=O)NCC(F)(F)F)CC(C)C#N. The molecule has 0 aromatic heterocycles. The number of hydrogen-bond acceptors (Lipinski definition) is 3. The predicted molar refractivity (Wildman–Crippen MR) is 56.0 cm³/mol. The van der Waals surface area contributed by atoms with Gasteiger partial charge in [0.2, 0.25) is 5.91 Å². The molecule has 0 aromatic carbocycles. The first-order valence-electron chi connectivity index (χ1n) is 5.24. The molecule has 7 heteroatoms. The summed E-state index contributed by atoms with van der Waals surface area (Å²) in [5, 5.41) is 10.4. The van der Waals surface area contributed by atoms with Crippen LogP contribution >= 0.6 is 0 Å². The van der Waals surface area contributed by atoms with Crippen LogP contribution in [-0.2, 0) is 4.79 Å². The number of hydrogen-bond donors (Lipinski definition) is 1. The van der Waals surface area contributed by atoms with Crippen LogP contribution in [0.1, 0.15) is 13.8 Å². The number of nitriles is 1. The molecule has 0 heterocycles. The predicted octanol–water partition coefficient (Wildman–Crippen LogP) is 1.15. The van der Waals surface area contributed by atoms with Crippen LogP contribution in [0.15, 0.2) is 0 Å². The van der Waals surface area contributed by atoms with Gasteiger partial charge in [-0.15, -0.1) is 0 Å². The summed E-state index contributed by atoms with van der Waals surface area (Å²) in [5.41, 5.74) is 0. The summed E-state index contributed by atoms with van der Waals surface area (Å²) >= 11 is 0. The van der Waals surface area contributed by atoms with Gasteiger partial charge < -0.3 is 5.32 Å². The quantitative estimate of drug-likeness (QED) is 0.770. The third-order valence-electron chi connectivity index (χ3n) is 2.05. The van der Waals surface area contributed by atoms with Crippen LogP contribution in [0.25, 0.3) is 0 Å². The van der Waals surface area contributed by atoms with Gasteiger partial charge >= 0.3 is 6.18 Å². The van der Waals surface area contributed by atoms with E-state index in [1.54, 1.807) is 24.1 Å². The number of halogens is 3. The molecule has 17 heavy (non-hydrogen) atoms. The number of nitrogens with zero attached hydrogens (tertiary/aromatic N) is 2. The van der Waals surface area contributed by atoms with Crippen molar-refractivity contribution < 1.29 is 18.0 Å². The summed E-state index contributed by atoms with van der Waals surface area (Å²) in [7, 11) is 0. The van der Waals surface area contributed by atoms with E-state index in [1.807, 2.05) is 6.07 Å². The molecular formula is C10H16F3N3O. The molecule has 0 fully saturated rings. The van der Waals surface area contributed by atoms with Gasteiger partial charge in [0, 0.05) is 6.54 Å². The molecule has 0 saturated carbocycles. The fourth-order valence-corrected chi connectivity index (χ4v) is 1.19. The van der Waals surface area contributed by atoms with Gasteiger partial charge in [-0.2, -0.15) is 18.4 Å². The van der Waals surface area contributed by atoms with Crippen molar-refractivity contribution in [1.82, 2.24) is 10.2 Å². The van der Waals surface area contributed by atoms with Gasteiger partial charge in [-0.3, -0.25) is 9.69 Å². The Bertz CT molecular complexity index is 286. The standard InChI is InChI=1S/C10H16F3N3O/c1-3-16(5-8(2)4-14)6-9(17)15-7-10(11,12)13/h8H,3,5-7H2,1-2H3,(H,15,17). The molecule has 0 aliphatic carbocycles. The summed E-state index contributed by atoms with van der Waals surface area (Å²) in [6, 6.07) is 2.01. The Hall–Kier alpha value is -1.29. The van der Waals surface area contributed by atoms with E-state index >= 15 is 0 Å². The van der Waals surface area contributed by atoms with Gasteiger partial charge in [-0.1, -0.05) is 6.92 Å². The highest BCUT2D eigenvalue weighted by Crippen LogP contribution is 2.12. The Labute approximate surface area is 98.4 Å². The summed E-state index contributed by atoms with van der Waals surface area (Å²) in [4.78, 5) is 12.8. The zero-order valence-corrected chi connectivity index (χ0v) is 9.84. The highest BCUT2D eigenvalue weighted by atomic mass is 19.4. The molecule has 1 N–H and O–H groups in total. The lowest BCUT2D eigenvalue weighted by Gasteiger charge is -2.20. The van der Waals surface area contributed by atoms with Crippen molar-refractivity contribution >= 4 is 5.91 Å². The van der Waals surface area contributed by atoms with E-state index in [2.05, 4.69) is 0 Å². The lowest BCUT2D eigenvalue weighted by molar-refractivity contribution is -0.139. The van der Waals surface area contributed by atoms with Gasteiger partial charge in [0.15, 0.2) is 0 Å². The van der Waals surface area contributed by atoms with E-state index in [1.165, 1.54) is 0 Å². The Morgan fingerprint density at radius 3 is 2.53 bits per heavy atom. The Morgan fingerprint density at radius 1 is 1.53 bits per heavy atom. The van der Waals surface area contributed by atoms with Gasteiger partial charge in [0.1, 0.15) is 6.54 Å². The van der Waals surface area contributed by atoms with Crippen molar-refractivity contribution in [1.29, 1.82) is 5.26 Å². The number of carbonyl (C=O) groups is 1. The second-order valence-corrected chi connectivity index (χ2v) is 3.75. The first kappa shape index (κ1) is 15.7. The minimum absolute atomic E-state index is 0.126. The van der Waals surface area contributed by atoms with Crippen molar-refractivity contribution in [3.8, 4) is 6.07 Å². The van der Waals surface area contributed by atoms with Crippen LogP contribution < -0.4 is 5.32 Å². The molecule has 0 rings (SSSR count). The maximum atomic E-state index is 11.8. The molecule has 1 amide bonds. The van der Waals surface area contributed by atoms with Crippen molar-refractivity contribution in [2.75, 3.05) is 26.2 Å². The topological polar surface area (TPSA) is 56.1 Å². The number of nitrogens with one attached hydrogen (secondary N) is 1. The molecule has 0 aliphatic rings. The van der Waals surface area contributed by atoms with Crippen molar-refractivity contribution in [3.63, 3.8) is 0 Å². The molecule has 0 spiro atoms. The largest absolute Gasteiger partial charge is 0.405 e. The number of alkyl halides is 3. The van der Waals surface area contributed by atoms with Crippen LogP contribution in [0.2, 0.25) is 0 Å². The summed E-state index contributed by atoms with van der Waals surface area (Å²) in [6.07, 6.45) is -4.40. The fraction of sp³-hybridized carbons (Fsp3) is 0.800. The van der Waals surface area contributed by atoms with Gasteiger partial charge in [0.25, 0.3) is 0 Å². The molecule has 1 unspecified atom stereocenters. The smallest absolute Gasteiger partial charge is 0.346 e. The first-order valence-corrected chi connectivity index (χ1v) is 5.24. The Kier molecular flexibility index (Phi) is 6.58. The van der Waals surface area contributed by atoms with E-state index < -0.39 is 18.6 Å². The lowest BCUT2D eigenvalue weighted by atomic mass is 10.2. The zero-order valence-electron chi connectivity index (χ0n) is 9.84. The number of carbonyl (C=O) groups excluding carboxylic acids is 1. The minimum atomic E-state index is -4.40. The Morgan fingerprint density at radius 2 is 2.12 bits per heavy atom. The zero-order chi connectivity index (χ0) is 13.5. The van der Waals surface area contributed by atoms with Crippen molar-refractivity contribution in [2.45, 2.75) is 20.0 Å². The van der Waals surface area contributed by atoms with Crippen LogP contribution in [0, 0.1) is 17.2 Å². The normalized spacial score (nSPS) is 13.2. The number of amides is 1. The van der Waals surface area contributed by atoms with E-state index in [4.69, 9.17) is 5.26 Å². The number of rotatable bonds is 6. The van der Waals surface area contributed by atoms with E-state index in [0.29, 0.717) is 13.1 Å². The molecule has 0 aliphatic heterocycles. The average molecular weight is 251 g/mol. The second-order valence-electron chi connectivity index (χ2n) is 3.75.